The van der Waals surface area contributed by atoms with Gasteiger partial charge in [-0.05, 0) is 22.7 Å². The van der Waals surface area contributed by atoms with Crippen LogP contribution < -0.4 is 0 Å². The van der Waals surface area contributed by atoms with Crippen molar-refractivity contribution in [3.05, 3.63) is 25.0 Å². The molecular formula is C13H26OSi. The van der Waals surface area contributed by atoms with Crippen molar-refractivity contribution in [3.63, 3.8) is 0 Å². The van der Waals surface area contributed by atoms with Gasteiger partial charge >= 0.3 is 0 Å². The van der Waals surface area contributed by atoms with Gasteiger partial charge in [-0.25, -0.2) is 0 Å². The molecular weight excluding hydrogens is 200 g/mol. The lowest BCUT2D eigenvalue weighted by Crippen LogP contribution is -2.46. The van der Waals surface area contributed by atoms with Crippen LogP contribution in [0.1, 0.15) is 41.5 Å². The third-order valence-electron chi connectivity index (χ3n) is 3.19. The fourth-order valence-corrected chi connectivity index (χ4v) is 7.75. The summed E-state index contributed by atoms with van der Waals surface area (Å²) in [7, 11) is -1.70. The Bertz CT molecular complexity index is 195. The van der Waals surface area contributed by atoms with Crippen molar-refractivity contribution in [2.75, 3.05) is 0 Å². The van der Waals surface area contributed by atoms with Crippen molar-refractivity contribution < 1.29 is 4.43 Å². The van der Waals surface area contributed by atoms with Crippen LogP contribution in [-0.4, -0.2) is 8.32 Å². The molecule has 0 saturated carbocycles. The molecule has 0 amide bonds. The summed E-state index contributed by atoms with van der Waals surface area (Å²) in [4.78, 5) is 0. The highest BCUT2D eigenvalue weighted by Crippen LogP contribution is 2.42. The monoisotopic (exact) mass is 226 g/mol. The van der Waals surface area contributed by atoms with Crippen molar-refractivity contribution >= 4 is 8.32 Å². The van der Waals surface area contributed by atoms with E-state index in [-0.39, 0.29) is 0 Å². The van der Waals surface area contributed by atoms with Gasteiger partial charge in [0.2, 0.25) is 0 Å². The first-order valence-electron chi connectivity index (χ1n) is 5.84. The second kappa shape index (κ2) is 6.16. The lowest BCUT2D eigenvalue weighted by Gasteiger charge is -2.40. The van der Waals surface area contributed by atoms with Crippen molar-refractivity contribution in [1.82, 2.24) is 0 Å². The van der Waals surface area contributed by atoms with Gasteiger partial charge in [0.15, 0.2) is 0 Å². The summed E-state index contributed by atoms with van der Waals surface area (Å²) in [5.74, 6) is 0. The molecule has 0 rings (SSSR count). The average Bonchev–Trinajstić information content (AvgIpc) is 2.10. The molecule has 0 unspecified atom stereocenters. The molecule has 0 aromatic heterocycles. The molecule has 0 aromatic rings. The maximum atomic E-state index is 6.14. The summed E-state index contributed by atoms with van der Waals surface area (Å²) in [5, 5.41) is 0. The normalized spacial score (nSPS) is 13.1. The Morgan fingerprint density at radius 2 is 1.33 bits per heavy atom. The molecule has 88 valence electrons. The minimum Gasteiger partial charge on any atom is -0.548 e. The van der Waals surface area contributed by atoms with Gasteiger partial charge in [0.1, 0.15) is 0 Å². The van der Waals surface area contributed by atoms with Crippen LogP contribution in [0.15, 0.2) is 25.0 Å². The summed E-state index contributed by atoms with van der Waals surface area (Å²) < 4.78 is 6.14. The molecule has 0 heterocycles. The average molecular weight is 226 g/mol. The molecule has 1 nitrogen and oxygen atoms in total. The Balaban J connectivity index is 4.96. The van der Waals surface area contributed by atoms with Gasteiger partial charge in [0.25, 0.3) is 8.32 Å². The van der Waals surface area contributed by atoms with E-state index in [1.807, 2.05) is 12.3 Å². The summed E-state index contributed by atoms with van der Waals surface area (Å²) in [5.41, 5.74) is 1.89. The van der Waals surface area contributed by atoms with Crippen LogP contribution in [0, 0.1) is 0 Å². The second-order valence-corrected chi connectivity index (χ2v) is 10.4. The highest BCUT2D eigenvalue weighted by atomic mass is 28.4. The molecule has 2 heteroatoms. The third-order valence-corrected chi connectivity index (χ3v) is 9.15. The lowest BCUT2D eigenvalue weighted by atomic mass is 10.5. The van der Waals surface area contributed by atoms with Crippen LogP contribution in [0.3, 0.4) is 0 Å². The van der Waals surface area contributed by atoms with Gasteiger partial charge in [-0.1, -0.05) is 54.2 Å². The Hall–Kier alpha value is -0.503. The molecule has 0 aromatic carbocycles. The number of rotatable bonds is 6. The SMILES string of the molecule is C=CC=CO[Si](C(C)C)(C(C)C)C(C)C. The van der Waals surface area contributed by atoms with Crippen molar-refractivity contribution in [3.8, 4) is 0 Å². The standard InChI is InChI=1S/C13H26OSi/c1-8-9-10-14-15(11(2)3,12(4)5)13(6)7/h8-13H,1H2,2-7H3. The van der Waals surface area contributed by atoms with Gasteiger partial charge in [-0.2, -0.15) is 0 Å². The highest BCUT2D eigenvalue weighted by Gasteiger charge is 2.46. The zero-order valence-corrected chi connectivity index (χ0v) is 12.1. The first kappa shape index (κ1) is 14.5. The molecule has 0 bridgehead atoms. The summed E-state index contributed by atoms with van der Waals surface area (Å²) in [6.45, 7) is 17.4. The van der Waals surface area contributed by atoms with E-state index >= 15 is 0 Å². The minimum atomic E-state index is -1.70. The Labute approximate surface area is 96.4 Å². The Kier molecular flexibility index (Phi) is 5.95. The zero-order chi connectivity index (χ0) is 12.1. The predicted molar refractivity (Wildman–Crippen MR) is 71.5 cm³/mol. The molecule has 0 saturated heterocycles. The maximum absolute atomic E-state index is 6.14. The van der Waals surface area contributed by atoms with Crippen LogP contribution in [0.2, 0.25) is 16.6 Å². The summed E-state index contributed by atoms with van der Waals surface area (Å²) in [6.07, 6.45) is 5.48. The zero-order valence-electron chi connectivity index (χ0n) is 11.1. The molecule has 0 aliphatic rings. The smallest absolute Gasteiger partial charge is 0.257 e. The largest absolute Gasteiger partial charge is 0.548 e. The Morgan fingerprint density at radius 1 is 0.933 bits per heavy atom. The first-order valence-corrected chi connectivity index (χ1v) is 7.99. The van der Waals surface area contributed by atoms with Crippen molar-refractivity contribution in [2.24, 2.45) is 0 Å². The quantitative estimate of drug-likeness (QED) is 0.356. The molecule has 15 heavy (non-hydrogen) atoms. The molecule has 0 spiro atoms. The third kappa shape index (κ3) is 3.23. The fraction of sp³-hybridized carbons (Fsp3) is 0.692. The predicted octanol–water partition coefficient (Wildman–Crippen LogP) is 4.88. The summed E-state index contributed by atoms with van der Waals surface area (Å²) in [6, 6.07) is 0. The molecule has 0 aliphatic heterocycles. The van der Waals surface area contributed by atoms with Gasteiger partial charge in [-0.3, -0.25) is 0 Å². The van der Waals surface area contributed by atoms with Crippen molar-refractivity contribution in [1.29, 1.82) is 0 Å². The topological polar surface area (TPSA) is 9.23 Å². The first-order chi connectivity index (χ1) is 6.89. The number of allylic oxidation sites excluding steroid dienone is 2. The minimum absolute atomic E-state index is 0.631. The van der Waals surface area contributed by atoms with Crippen molar-refractivity contribution in [2.45, 2.75) is 58.2 Å². The van der Waals surface area contributed by atoms with Crippen LogP contribution in [-0.2, 0) is 4.43 Å². The number of hydrogen-bond donors (Lipinski definition) is 0. The van der Waals surface area contributed by atoms with E-state index in [0.717, 1.165) is 0 Å². The second-order valence-electron chi connectivity index (χ2n) is 5.00. The molecule has 0 aliphatic carbocycles. The van der Waals surface area contributed by atoms with E-state index in [1.54, 1.807) is 6.08 Å². The number of hydrogen-bond acceptors (Lipinski definition) is 1. The van der Waals surface area contributed by atoms with Gasteiger partial charge in [0.05, 0.1) is 6.26 Å². The van der Waals surface area contributed by atoms with E-state index in [1.165, 1.54) is 0 Å². The maximum Gasteiger partial charge on any atom is 0.257 e. The van der Waals surface area contributed by atoms with E-state index in [4.69, 9.17) is 4.43 Å². The van der Waals surface area contributed by atoms with Crippen LogP contribution in [0.25, 0.3) is 0 Å². The summed E-state index contributed by atoms with van der Waals surface area (Å²) >= 11 is 0. The lowest BCUT2D eigenvalue weighted by molar-refractivity contribution is 0.416. The highest BCUT2D eigenvalue weighted by molar-refractivity contribution is 6.77. The van der Waals surface area contributed by atoms with Gasteiger partial charge in [-0.15, -0.1) is 0 Å². The molecule has 0 fully saturated rings. The molecule has 0 radical (unpaired) electrons. The Morgan fingerprint density at radius 3 is 1.60 bits per heavy atom. The molecule has 0 N–H and O–H groups in total. The van der Waals surface area contributed by atoms with Crippen LogP contribution in [0.4, 0.5) is 0 Å². The van der Waals surface area contributed by atoms with Crippen LogP contribution >= 0.6 is 0 Å². The van der Waals surface area contributed by atoms with E-state index in [2.05, 4.69) is 48.1 Å². The van der Waals surface area contributed by atoms with E-state index < -0.39 is 8.32 Å². The molecule has 0 atom stereocenters. The van der Waals surface area contributed by atoms with E-state index in [9.17, 15) is 0 Å². The van der Waals surface area contributed by atoms with Crippen LogP contribution in [0.5, 0.6) is 0 Å². The fourth-order valence-electron chi connectivity index (χ4n) is 2.62. The van der Waals surface area contributed by atoms with Gasteiger partial charge < -0.3 is 4.43 Å². The van der Waals surface area contributed by atoms with Gasteiger partial charge in [0, 0.05) is 0 Å². The van der Waals surface area contributed by atoms with E-state index in [0.29, 0.717) is 16.6 Å².